The van der Waals surface area contributed by atoms with E-state index in [1.807, 2.05) is 0 Å². The molecule has 2 rings (SSSR count). The maximum absolute atomic E-state index is 2.52. The molecule has 0 spiro atoms. The Balaban J connectivity index is 2.70. The zero-order valence-electron chi connectivity index (χ0n) is 10.6. The van der Waals surface area contributed by atoms with Crippen molar-refractivity contribution >= 4 is 13.3 Å². The van der Waals surface area contributed by atoms with E-state index in [9.17, 15) is 0 Å². The fourth-order valence-corrected chi connectivity index (χ4v) is 6.82. The van der Waals surface area contributed by atoms with Crippen LogP contribution in [0, 0.1) is 6.92 Å². The van der Waals surface area contributed by atoms with Gasteiger partial charge in [-0.25, -0.2) is 0 Å². The maximum Gasteiger partial charge on any atom is 0.0814 e. The molecule has 0 saturated heterocycles. The highest BCUT2D eigenvalue weighted by Gasteiger charge is 2.38. The zero-order valence-corrected chi connectivity index (χ0v) is 11.6. The van der Waals surface area contributed by atoms with E-state index < -0.39 is 8.07 Å². The minimum Gasteiger partial charge on any atom is -0.0654 e. The summed E-state index contributed by atoms with van der Waals surface area (Å²) in [6, 6.07) is 8.31. The van der Waals surface area contributed by atoms with Crippen LogP contribution in [0.4, 0.5) is 0 Å². The van der Waals surface area contributed by atoms with Crippen LogP contribution in [0.3, 0.4) is 0 Å². The molecule has 0 aliphatic carbocycles. The summed E-state index contributed by atoms with van der Waals surface area (Å²) in [6.45, 7) is 12.1. The van der Waals surface area contributed by atoms with E-state index in [0.717, 1.165) is 0 Å². The summed E-state index contributed by atoms with van der Waals surface area (Å²) in [5.41, 5.74) is 3.55. The summed E-state index contributed by atoms with van der Waals surface area (Å²) in [5, 5.41) is 1.74. The first-order valence-electron chi connectivity index (χ1n) is 5.95. The molecule has 0 fully saturated rings. The highest BCUT2D eigenvalue weighted by molar-refractivity contribution is 6.90. The van der Waals surface area contributed by atoms with Gasteiger partial charge in [-0.15, -0.1) is 0 Å². The van der Waals surface area contributed by atoms with Crippen LogP contribution in [-0.2, 0) is 5.41 Å². The molecule has 15 heavy (non-hydrogen) atoms. The lowest BCUT2D eigenvalue weighted by atomic mass is 9.81. The third kappa shape index (κ3) is 1.67. The van der Waals surface area contributed by atoms with Gasteiger partial charge in [-0.2, -0.15) is 0 Å². The lowest BCUT2D eigenvalue weighted by Gasteiger charge is -2.41. The van der Waals surface area contributed by atoms with Crippen molar-refractivity contribution in [2.75, 3.05) is 0 Å². The Morgan fingerprint density at radius 3 is 2.47 bits per heavy atom. The van der Waals surface area contributed by atoms with Gasteiger partial charge < -0.3 is 0 Å². The van der Waals surface area contributed by atoms with Crippen molar-refractivity contribution in [1.82, 2.24) is 0 Å². The lowest BCUT2D eigenvalue weighted by molar-refractivity contribution is 0.498. The SMILES string of the molecule is Cc1cccc2c1[Si](C)(C)CCC2(C)C. The van der Waals surface area contributed by atoms with Gasteiger partial charge in [0.05, 0.1) is 8.07 Å². The topological polar surface area (TPSA) is 0 Å². The molecular weight excluding hydrogens is 196 g/mol. The van der Waals surface area contributed by atoms with Crippen LogP contribution >= 0.6 is 0 Å². The molecule has 0 amide bonds. The second kappa shape index (κ2) is 3.21. The summed E-state index contributed by atoms with van der Waals surface area (Å²) < 4.78 is 0. The van der Waals surface area contributed by atoms with Crippen LogP contribution < -0.4 is 5.19 Å². The van der Waals surface area contributed by atoms with E-state index >= 15 is 0 Å². The van der Waals surface area contributed by atoms with Crippen LogP contribution in [0.5, 0.6) is 0 Å². The van der Waals surface area contributed by atoms with Crippen molar-refractivity contribution in [2.24, 2.45) is 0 Å². The highest BCUT2D eigenvalue weighted by atomic mass is 28.3. The van der Waals surface area contributed by atoms with Crippen molar-refractivity contribution < 1.29 is 0 Å². The van der Waals surface area contributed by atoms with Crippen molar-refractivity contribution in [3.63, 3.8) is 0 Å². The number of benzene rings is 1. The molecule has 1 aromatic rings. The molecule has 1 heterocycles. The predicted molar refractivity (Wildman–Crippen MR) is 70.7 cm³/mol. The number of hydrogen-bond acceptors (Lipinski definition) is 0. The van der Waals surface area contributed by atoms with E-state index in [1.165, 1.54) is 18.0 Å². The van der Waals surface area contributed by atoms with Crippen molar-refractivity contribution in [3.8, 4) is 0 Å². The van der Waals surface area contributed by atoms with E-state index in [4.69, 9.17) is 0 Å². The molecule has 1 aromatic carbocycles. The Morgan fingerprint density at radius 1 is 1.20 bits per heavy atom. The minimum atomic E-state index is -1.14. The normalized spacial score (nSPS) is 22.2. The summed E-state index contributed by atoms with van der Waals surface area (Å²) in [7, 11) is -1.14. The van der Waals surface area contributed by atoms with Crippen molar-refractivity contribution in [2.45, 2.75) is 51.7 Å². The Bertz CT molecular complexity index is 388. The number of hydrogen-bond donors (Lipinski definition) is 0. The molecule has 0 saturated carbocycles. The Hall–Kier alpha value is -0.563. The molecule has 0 aromatic heterocycles. The van der Waals surface area contributed by atoms with Gasteiger partial charge in [0.2, 0.25) is 0 Å². The number of fused-ring (bicyclic) bond motifs is 1. The molecule has 1 aliphatic rings. The lowest BCUT2D eigenvalue weighted by Crippen LogP contribution is -2.52. The smallest absolute Gasteiger partial charge is 0.0654 e. The quantitative estimate of drug-likeness (QED) is 0.584. The molecule has 1 aliphatic heterocycles. The van der Waals surface area contributed by atoms with Crippen LogP contribution in [-0.4, -0.2) is 8.07 Å². The summed E-state index contributed by atoms with van der Waals surface area (Å²) >= 11 is 0. The van der Waals surface area contributed by atoms with Gasteiger partial charge in [0.25, 0.3) is 0 Å². The summed E-state index contributed by atoms with van der Waals surface area (Å²) in [6.07, 6.45) is 1.36. The van der Waals surface area contributed by atoms with Crippen LogP contribution in [0.1, 0.15) is 31.4 Å². The van der Waals surface area contributed by atoms with Crippen molar-refractivity contribution in [3.05, 3.63) is 29.3 Å². The Kier molecular flexibility index (Phi) is 2.34. The second-order valence-electron chi connectivity index (χ2n) is 6.27. The molecule has 0 bridgehead atoms. The Labute approximate surface area is 94.7 Å². The van der Waals surface area contributed by atoms with Gasteiger partial charge in [0.1, 0.15) is 0 Å². The third-order valence-corrected chi connectivity index (χ3v) is 7.57. The van der Waals surface area contributed by atoms with E-state index in [-0.39, 0.29) is 0 Å². The van der Waals surface area contributed by atoms with Crippen LogP contribution in [0.15, 0.2) is 18.2 Å². The molecule has 0 radical (unpaired) electrons. The number of rotatable bonds is 0. The second-order valence-corrected chi connectivity index (χ2v) is 11.0. The largest absolute Gasteiger partial charge is 0.0814 e. The maximum atomic E-state index is 2.52. The van der Waals surface area contributed by atoms with Gasteiger partial charge in [0.15, 0.2) is 0 Å². The average molecular weight is 218 g/mol. The standard InChI is InChI=1S/C14H22Si/c1-11-7-6-8-12-13(11)15(4,5)10-9-14(12,2)3/h6-8H,9-10H2,1-5H3. The molecule has 0 atom stereocenters. The van der Waals surface area contributed by atoms with E-state index in [0.29, 0.717) is 5.41 Å². The van der Waals surface area contributed by atoms with Gasteiger partial charge in [-0.3, -0.25) is 0 Å². The Morgan fingerprint density at radius 2 is 1.87 bits per heavy atom. The molecule has 0 nitrogen and oxygen atoms in total. The van der Waals surface area contributed by atoms with E-state index in [2.05, 4.69) is 52.1 Å². The van der Waals surface area contributed by atoms with E-state index in [1.54, 1.807) is 10.8 Å². The predicted octanol–water partition coefficient (Wildman–Crippen LogP) is 3.59. The van der Waals surface area contributed by atoms with Gasteiger partial charge in [-0.1, -0.05) is 61.9 Å². The van der Waals surface area contributed by atoms with Crippen LogP contribution in [0.25, 0.3) is 0 Å². The van der Waals surface area contributed by atoms with Crippen LogP contribution in [0.2, 0.25) is 19.1 Å². The summed E-state index contributed by atoms with van der Waals surface area (Å²) in [4.78, 5) is 0. The molecule has 0 N–H and O–H groups in total. The summed E-state index contributed by atoms with van der Waals surface area (Å²) in [5.74, 6) is 0. The van der Waals surface area contributed by atoms with Gasteiger partial charge >= 0.3 is 0 Å². The first-order chi connectivity index (χ1) is 6.84. The first-order valence-corrected chi connectivity index (χ1v) is 9.16. The monoisotopic (exact) mass is 218 g/mol. The fourth-order valence-electron chi connectivity index (χ4n) is 3.01. The van der Waals surface area contributed by atoms with Crippen molar-refractivity contribution in [1.29, 1.82) is 0 Å². The molecular formula is C14H22Si. The minimum absolute atomic E-state index is 0.393. The molecule has 82 valence electrons. The van der Waals surface area contributed by atoms with Gasteiger partial charge in [0, 0.05) is 0 Å². The molecule has 0 unspecified atom stereocenters. The third-order valence-electron chi connectivity index (χ3n) is 4.05. The molecule has 1 heteroatoms. The number of aryl methyl sites for hydroxylation is 1. The van der Waals surface area contributed by atoms with Gasteiger partial charge in [-0.05, 0) is 24.3 Å². The zero-order chi connectivity index (χ0) is 11.3. The highest BCUT2D eigenvalue weighted by Crippen LogP contribution is 2.37. The fraction of sp³-hybridized carbons (Fsp3) is 0.571. The first kappa shape index (κ1) is 10.9. The average Bonchev–Trinajstić information content (AvgIpc) is 2.13.